The number of carbonyl (C=O) groups excluding carboxylic acids is 1. The highest BCUT2D eigenvalue weighted by Gasteiger charge is 2.17. The number of benzene rings is 1. The molecule has 1 N–H and O–H groups in total. The second-order valence-electron chi connectivity index (χ2n) is 5.43. The molecule has 4 rings (SSSR count). The Bertz CT molecular complexity index is 1000. The standard InChI is InChI=1S/C18H14N4O2S/c1-12-10-17(22(20-12)13-6-3-2-4-7-13)19-18(23)14-11-15(24-21-14)16-8-5-9-25-16/h2-11H,1H3,(H,19,23). The van der Waals surface area contributed by atoms with Gasteiger partial charge in [0.05, 0.1) is 16.3 Å². The zero-order chi connectivity index (χ0) is 17.2. The molecule has 1 amide bonds. The molecule has 0 atom stereocenters. The summed E-state index contributed by atoms with van der Waals surface area (Å²) in [6, 6.07) is 16.9. The van der Waals surface area contributed by atoms with Gasteiger partial charge >= 0.3 is 0 Å². The lowest BCUT2D eigenvalue weighted by atomic mass is 10.3. The Morgan fingerprint density at radius 1 is 1.16 bits per heavy atom. The number of carbonyl (C=O) groups is 1. The number of nitrogens with one attached hydrogen (secondary N) is 1. The summed E-state index contributed by atoms with van der Waals surface area (Å²) in [5.74, 6) is 0.811. The van der Waals surface area contributed by atoms with E-state index >= 15 is 0 Å². The average Bonchev–Trinajstić information content (AvgIpc) is 3.36. The van der Waals surface area contributed by atoms with Crippen LogP contribution in [0, 0.1) is 6.92 Å². The number of para-hydroxylation sites is 1. The van der Waals surface area contributed by atoms with Crippen LogP contribution in [0.3, 0.4) is 0 Å². The Labute approximate surface area is 147 Å². The predicted octanol–water partition coefficient (Wildman–Crippen LogP) is 4.15. The highest BCUT2D eigenvalue weighted by molar-refractivity contribution is 7.13. The first kappa shape index (κ1) is 15.3. The van der Waals surface area contributed by atoms with Crippen molar-refractivity contribution in [3.05, 3.63) is 71.4 Å². The van der Waals surface area contributed by atoms with Crippen LogP contribution < -0.4 is 5.32 Å². The van der Waals surface area contributed by atoms with Crippen molar-refractivity contribution in [3.63, 3.8) is 0 Å². The van der Waals surface area contributed by atoms with Gasteiger partial charge in [0.25, 0.3) is 5.91 Å². The van der Waals surface area contributed by atoms with E-state index in [9.17, 15) is 4.79 Å². The summed E-state index contributed by atoms with van der Waals surface area (Å²) in [4.78, 5) is 13.4. The predicted molar refractivity (Wildman–Crippen MR) is 96.1 cm³/mol. The second-order valence-corrected chi connectivity index (χ2v) is 6.37. The van der Waals surface area contributed by atoms with Crippen molar-refractivity contribution in [2.75, 3.05) is 5.32 Å². The summed E-state index contributed by atoms with van der Waals surface area (Å²) < 4.78 is 6.95. The van der Waals surface area contributed by atoms with Gasteiger partial charge < -0.3 is 9.84 Å². The first-order valence-corrected chi connectivity index (χ1v) is 8.53. The molecule has 25 heavy (non-hydrogen) atoms. The SMILES string of the molecule is Cc1cc(NC(=O)c2cc(-c3cccs3)on2)n(-c2ccccc2)n1. The number of anilines is 1. The average molecular weight is 350 g/mol. The van der Waals surface area contributed by atoms with E-state index in [2.05, 4.69) is 15.6 Å². The molecule has 6 nitrogen and oxygen atoms in total. The van der Waals surface area contributed by atoms with Crippen molar-refractivity contribution >= 4 is 23.1 Å². The fraction of sp³-hybridized carbons (Fsp3) is 0.0556. The highest BCUT2D eigenvalue weighted by Crippen LogP contribution is 2.25. The van der Waals surface area contributed by atoms with Gasteiger partial charge in [0.15, 0.2) is 11.5 Å². The molecule has 0 saturated carbocycles. The van der Waals surface area contributed by atoms with Crippen LogP contribution in [0.5, 0.6) is 0 Å². The molecule has 0 radical (unpaired) electrons. The minimum atomic E-state index is -0.344. The van der Waals surface area contributed by atoms with Gasteiger partial charge in [-0.1, -0.05) is 29.4 Å². The van der Waals surface area contributed by atoms with E-state index in [-0.39, 0.29) is 11.6 Å². The number of hydrogen-bond acceptors (Lipinski definition) is 5. The maximum Gasteiger partial charge on any atom is 0.279 e. The number of amides is 1. The molecule has 0 spiro atoms. The molecule has 0 aliphatic carbocycles. The number of thiophene rings is 1. The lowest BCUT2D eigenvalue weighted by Gasteiger charge is -2.07. The van der Waals surface area contributed by atoms with E-state index < -0.39 is 0 Å². The van der Waals surface area contributed by atoms with Crippen LogP contribution in [0.4, 0.5) is 5.82 Å². The first-order valence-electron chi connectivity index (χ1n) is 7.65. The van der Waals surface area contributed by atoms with Crippen molar-refractivity contribution in [2.45, 2.75) is 6.92 Å². The van der Waals surface area contributed by atoms with Gasteiger partial charge in [-0.25, -0.2) is 4.68 Å². The number of hydrogen-bond donors (Lipinski definition) is 1. The van der Waals surface area contributed by atoms with Gasteiger partial charge in [-0.15, -0.1) is 11.3 Å². The second kappa shape index (κ2) is 6.37. The lowest BCUT2D eigenvalue weighted by Crippen LogP contribution is -2.15. The van der Waals surface area contributed by atoms with Gasteiger partial charge in [0.2, 0.25) is 0 Å². The van der Waals surface area contributed by atoms with Crippen LogP contribution in [0.1, 0.15) is 16.2 Å². The van der Waals surface area contributed by atoms with Gasteiger partial charge in [0.1, 0.15) is 5.82 Å². The van der Waals surface area contributed by atoms with Crippen molar-refractivity contribution < 1.29 is 9.32 Å². The summed E-state index contributed by atoms with van der Waals surface area (Å²) in [7, 11) is 0. The third-order valence-electron chi connectivity index (χ3n) is 3.58. The summed E-state index contributed by atoms with van der Waals surface area (Å²) >= 11 is 1.53. The maximum absolute atomic E-state index is 12.5. The Kier molecular flexibility index (Phi) is 3.91. The number of aryl methyl sites for hydroxylation is 1. The maximum atomic E-state index is 12.5. The van der Waals surface area contributed by atoms with Gasteiger partial charge in [-0.2, -0.15) is 5.10 Å². The van der Waals surface area contributed by atoms with Crippen molar-refractivity contribution in [1.82, 2.24) is 14.9 Å². The van der Waals surface area contributed by atoms with Crippen LogP contribution >= 0.6 is 11.3 Å². The number of rotatable bonds is 4. The minimum Gasteiger partial charge on any atom is -0.355 e. The molecule has 1 aromatic carbocycles. The Morgan fingerprint density at radius 2 is 2.00 bits per heavy atom. The molecule has 0 aliphatic heterocycles. The summed E-state index contributed by atoms with van der Waals surface area (Å²) in [6.45, 7) is 1.88. The molecule has 124 valence electrons. The van der Waals surface area contributed by atoms with Gasteiger partial charge in [0, 0.05) is 12.1 Å². The van der Waals surface area contributed by atoms with Gasteiger partial charge in [-0.3, -0.25) is 4.79 Å². The van der Waals surface area contributed by atoms with E-state index in [1.165, 1.54) is 11.3 Å². The molecule has 3 aromatic heterocycles. The molecule has 7 heteroatoms. The summed E-state index contributed by atoms with van der Waals surface area (Å²) in [5, 5.41) is 13.1. The van der Waals surface area contributed by atoms with Crippen LogP contribution in [0.15, 0.2) is 64.5 Å². The Balaban J connectivity index is 1.60. The number of nitrogens with zero attached hydrogens (tertiary/aromatic N) is 3. The van der Waals surface area contributed by atoms with Gasteiger partial charge in [-0.05, 0) is 30.5 Å². The first-order chi connectivity index (χ1) is 12.2. The normalized spacial score (nSPS) is 10.8. The smallest absolute Gasteiger partial charge is 0.279 e. The molecule has 0 aliphatic rings. The molecule has 0 fully saturated rings. The lowest BCUT2D eigenvalue weighted by molar-refractivity contribution is 0.101. The van der Waals surface area contributed by atoms with E-state index in [4.69, 9.17) is 4.52 Å². The quantitative estimate of drug-likeness (QED) is 0.600. The summed E-state index contributed by atoms with van der Waals surface area (Å²) in [6.07, 6.45) is 0. The molecule has 0 bridgehead atoms. The number of aromatic nitrogens is 3. The third-order valence-corrected chi connectivity index (χ3v) is 4.47. The zero-order valence-electron chi connectivity index (χ0n) is 13.3. The molecule has 3 heterocycles. The van der Waals surface area contributed by atoms with E-state index in [1.807, 2.05) is 60.8 Å². The molecule has 0 saturated heterocycles. The Morgan fingerprint density at radius 3 is 2.76 bits per heavy atom. The monoisotopic (exact) mass is 350 g/mol. The largest absolute Gasteiger partial charge is 0.355 e. The zero-order valence-corrected chi connectivity index (χ0v) is 14.2. The fourth-order valence-electron chi connectivity index (χ4n) is 2.45. The summed E-state index contributed by atoms with van der Waals surface area (Å²) in [5.41, 5.74) is 1.89. The van der Waals surface area contributed by atoms with Crippen LogP contribution in [0.2, 0.25) is 0 Å². The van der Waals surface area contributed by atoms with E-state index in [0.717, 1.165) is 16.3 Å². The van der Waals surface area contributed by atoms with Crippen LogP contribution in [0.25, 0.3) is 16.3 Å². The van der Waals surface area contributed by atoms with Crippen LogP contribution in [-0.4, -0.2) is 20.8 Å². The Hall–Kier alpha value is -3.19. The van der Waals surface area contributed by atoms with Crippen LogP contribution in [-0.2, 0) is 0 Å². The van der Waals surface area contributed by atoms with Crippen molar-refractivity contribution in [2.24, 2.45) is 0 Å². The third kappa shape index (κ3) is 3.09. The highest BCUT2D eigenvalue weighted by atomic mass is 32.1. The van der Waals surface area contributed by atoms with Crippen molar-refractivity contribution in [3.8, 4) is 16.3 Å². The van der Waals surface area contributed by atoms with E-state index in [0.29, 0.717) is 11.6 Å². The topological polar surface area (TPSA) is 73.0 Å². The minimum absolute atomic E-state index is 0.224. The molecule has 0 unspecified atom stereocenters. The molecular formula is C18H14N4O2S. The van der Waals surface area contributed by atoms with Crippen molar-refractivity contribution in [1.29, 1.82) is 0 Å². The molecular weight excluding hydrogens is 336 g/mol. The molecule has 4 aromatic rings. The fourth-order valence-corrected chi connectivity index (χ4v) is 3.13. The van der Waals surface area contributed by atoms with E-state index in [1.54, 1.807) is 10.7 Å².